The van der Waals surface area contributed by atoms with Gasteiger partial charge in [0.1, 0.15) is 5.75 Å². The van der Waals surface area contributed by atoms with E-state index in [1.54, 1.807) is 29.8 Å². The third kappa shape index (κ3) is 5.44. The highest BCUT2D eigenvalue weighted by Crippen LogP contribution is 2.28. The van der Waals surface area contributed by atoms with Gasteiger partial charge in [-0.2, -0.15) is 5.10 Å². The second-order valence-corrected chi connectivity index (χ2v) is 6.10. The van der Waals surface area contributed by atoms with Crippen molar-refractivity contribution in [2.75, 3.05) is 6.54 Å². The summed E-state index contributed by atoms with van der Waals surface area (Å²) in [6.45, 7) is 2.26. The van der Waals surface area contributed by atoms with Gasteiger partial charge in [0.25, 0.3) is 5.91 Å². The van der Waals surface area contributed by atoms with Crippen molar-refractivity contribution in [3.63, 3.8) is 0 Å². The van der Waals surface area contributed by atoms with Gasteiger partial charge < -0.3 is 10.1 Å². The summed E-state index contributed by atoms with van der Waals surface area (Å²) < 4.78 is 7.33. The van der Waals surface area contributed by atoms with Crippen LogP contribution in [0.4, 0.5) is 0 Å². The van der Waals surface area contributed by atoms with Crippen LogP contribution in [0.25, 0.3) is 0 Å². The first-order valence-corrected chi connectivity index (χ1v) is 8.08. The molecule has 0 aliphatic carbocycles. The van der Waals surface area contributed by atoms with Gasteiger partial charge in [0.2, 0.25) is 0 Å². The first-order chi connectivity index (χ1) is 11.0. The van der Waals surface area contributed by atoms with Gasteiger partial charge in [-0.1, -0.05) is 23.2 Å². The molecule has 23 heavy (non-hydrogen) atoms. The predicted molar refractivity (Wildman–Crippen MR) is 91.1 cm³/mol. The molecule has 0 aliphatic heterocycles. The lowest BCUT2D eigenvalue weighted by Gasteiger charge is -2.15. The van der Waals surface area contributed by atoms with Crippen LogP contribution in [0.15, 0.2) is 30.6 Å². The molecule has 1 unspecified atom stereocenters. The highest BCUT2D eigenvalue weighted by Gasteiger charge is 2.15. The third-order valence-electron chi connectivity index (χ3n) is 3.27. The molecule has 0 radical (unpaired) electrons. The van der Waals surface area contributed by atoms with Crippen molar-refractivity contribution in [2.24, 2.45) is 7.05 Å². The van der Waals surface area contributed by atoms with Crippen LogP contribution < -0.4 is 10.1 Å². The Labute approximate surface area is 145 Å². The van der Waals surface area contributed by atoms with Gasteiger partial charge in [-0.3, -0.25) is 9.48 Å². The molecule has 2 rings (SSSR count). The number of rotatable bonds is 7. The third-order valence-corrected chi connectivity index (χ3v) is 3.80. The van der Waals surface area contributed by atoms with Crippen LogP contribution in [0.1, 0.15) is 18.9 Å². The summed E-state index contributed by atoms with van der Waals surface area (Å²) >= 11 is 11.9. The number of carbonyl (C=O) groups is 1. The molecule has 0 saturated heterocycles. The average Bonchev–Trinajstić information content (AvgIpc) is 2.91. The molecule has 124 valence electrons. The maximum absolute atomic E-state index is 12.0. The zero-order chi connectivity index (χ0) is 16.8. The molecule has 1 aromatic carbocycles. The predicted octanol–water partition coefficient (Wildman–Crippen LogP) is 3.24. The van der Waals surface area contributed by atoms with Crippen molar-refractivity contribution < 1.29 is 9.53 Å². The maximum atomic E-state index is 12.0. The fourth-order valence-corrected chi connectivity index (χ4v) is 2.52. The van der Waals surface area contributed by atoms with Gasteiger partial charge in [0.15, 0.2) is 6.10 Å². The number of carbonyl (C=O) groups excluding carboxylic acids is 1. The van der Waals surface area contributed by atoms with Gasteiger partial charge in [-0.15, -0.1) is 0 Å². The van der Waals surface area contributed by atoms with Gasteiger partial charge in [0, 0.05) is 24.8 Å². The van der Waals surface area contributed by atoms with Gasteiger partial charge in [-0.05, 0) is 43.5 Å². The standard InChI is InChI=1S/C16H19Cl2N3O2/c1-11(23-15-6-5-13(17)8-14(15)18)16(22)19-7-3-4-12-9-20-21(2)10-12/h5-6,8-11H,3-4,7H2,1-2H3,(H,19,22). The van der Waals surface area contributed by atoms with Crippen LogP contribution >= 0.6 is 23.2 Å². The Balaban J connectivity index is 1.74. The Bertz CT molecular complexity index is 673. The monoisotopic (exact) mass is 355 g/mol. The number of amides is 1. The smallest absolute Gasteiger partial charge is 0.260 e. The van der Waals surface area contributed by atoms with E-state index in [0.29, 0.717) is 22.3 Å². The summed E-state index contributed by atoms with van der Waals surface area (Å²) in [5.74, 6) is 0.260. The normalized spacial score (nSPS) is 12.0. The molecule has 1 heterocycles. The van der Waals surface area contributed by atoms with E-state index in [-0.39, 0.29) is 5.91 Å². The van der Waals surface area contributed by atoms with Crippen molar-refractivity contribution in [3.8, 4) is 5.75 Å². The average molecular weight is 356 g/mol. The Morgan fingerprint density at radius 2 is 2.22 bits per heavy atom. The Morgan fingerprint density at radius 3 is 2.87 bits per heavy atom. The number of nitrogens with zero attached hydrogens (tertiary/aromatic N) is 2. The van der Waals surface area contributed by atoms with Crippen molar-refractivity contribution in [3.05, 3.63) is 46.2 Å². The molecule has 0 fully saturated rings. The van der Waals surface area contributed by atoms with E-state index in [1.165, 1.54) is 0 Å². The largest absolute Gasteiger partial charge is 0.479 e. The summed E-state index contributed by atoms with van der Waals surface area (Å²) in [5.41, 5.74) is 1.15. The molecular formula is C16H19Cl2N3O2. The minimum atomic E-state index is -0.632. The second kappa shape index (κ2) is 8.22. The summed E-state index contributed by atoms with van der Waals surface area (Å²) in [5, 5.41) is 7.86. The zero-order valence-electron chi connectivity index (χ0n) is 13.1. The molecular weight excluding hydrogens is 337 g/mol. The van der Waals surface area contributed by atoms with E-state index in [0.717, 1.165) is 18.4 Å². The molecule has 0 bridgehead atoms. The quantitative estimate of drug-likeness (QED) is 0.775. The van der Waals surface area contributed by atoms with E-state index < -0.39 is 6.10 Å². The number of nitrogens with one attached hydrogen (secondary N) is 1. The number of ether oxygens (including phenoxy) is 1. The zero-order valence-corrected chi connectivity index (χ0v) is 14.6. The molecule has 1 N–H and O–H groups in total. The highest BCUT2D eigenvalue weighted by molar-refractivity contribution is 6.35. The number of aromatic nitrogens is 2. The number of hydrogen-bond donors (Lipinski definition) is 1. The number of halogens is 2. The SMILES string of the molecule is CC(Oc1ccc(Cl)cc1Cl)C(=O)NCCCc1cnn(C)c1. The first-order valence-electron chi connectivity index (χ1n) is 7.32. The fourth-order valence-electron chi connectivity index (χ4n) is 2.06. The molecule has 0 spiro atoms. The summed E-state index contributed by atoms with van der Waals surface area (Å²) in [6.07, 6.45) is 4.87. The van der Waals surface area contributed by atoms with Gasteiger partial charge in [0.05, 0.1) is 11.2 Å². The summed E-state index contributed by atoms with van der Waals surface area (Å²) in [7, 11) is 1.88. The molecule has 1 amide bonds. The van der Waals surface area contributed by atoms with Gasteiger partial charge >= 0.3 is 0 Å². The molecule has 5 nitrogen and oxygen atoms in total. The molecule has 1 atom stereocenters. The van der Waals surface area contributed by atoms with Crippen LogP contribution in [-0.4, -0.2) is 28.3 Å². The summed E-state index contributed by atoms with van der Waals surface area (Å²) in [4.78, 5) is 12.0. The molecule has 7 heteroatoms. The number of aryl methyl sites for hydroxylation is 2. The van der Waals surface area contributed by atoms with E-state index in [2.05, 4.69) is 10.4 Å². The molecule has 2 aromatic rings. The number of benzene rings is 1. The van der Waals surface area contributed by atoms with Crippen LogP contribution in [0.3, 0.4) is 0 Å². The lowest BCUT2D eigenvalue weighted by Crippen LogP contribution is -2.37. The Kier molecular flexibility index (Phi) is 6.30. The highest BCUT2D eigenvalue weighted by atomic mass is 35.5. The second-order valence-electron chi connectivity index (χ2n) is 5.25. The minimum Gasteiger partial charge on any atom is -0.479 e. The van der Waals surface area contributed by atoms with Crippen molar-refractivity contribution in [1.29, 1.82) is 0 Å². The molecule has 0 aliphatic rings. The fraction of sp³-hybridized carbons (Fsp3) is 0.375. The molecule has 1 aromatic heterocycles. The van der Waals surface area contributed by atoms with Crippen LogP contribution in [-0.2, 0) is 18.3 Å². The maximum Gasteiger partial charge on any atom is 0.260 e. The van der Waals surface area contributed by atoms with E-state index in [4.69, 9.17) is 27.9 Å². The van der Waals surface area contributed by atoms with E-state index in [9.17, 15) is 4.79 Å². The number of hydrogen-bond acceptors (Lipinski definition) is 3. The van der Waals surface area contributed by atoms with Crippen LogP contribution in [0, 0.1) is 0 Å². The van der Waals surface area contributed by atoms with Crippen LogP contribution in [0.5, 0.6) is 5.75 Å². The van der Waals surface area contributed by atoms with E-state index >= 15 is 0 Å². The lowest BCUT2D eigenvalue weighted by molar-refractivity contribution is -0.127. The lowest BCUT2D eigenvalue weighted by atomic mass is 10.2. The topological polar surface area (TPSA) is 56.1 Å². The van der Waals surface area contributed by atoms with Gasteiger partial charge in [-0.25, -0.2) is 0 Å². The van der Waals surface area contributed by atoms with Crippen molar-refractivity contribution in [2.45, 2.75) is 25.9 Å². The molecule has 0 saturated carbocycles. The Hall–Kier alpha value is -1.72. The van der Waals surface area contributed by atoms with Crippen molar-refractivity contribution >= 4 is 29.1 Å². The Morgan fingerprint density at radius 1 is 1.43 bits per heavy atom. The minimum absolute atomic E-state index is 0.179. The first kappa shape index (κ1) is 17.6. The van der Waals surface area contributed by atoms with Crippen LogP contribution in [0.2, 0.25) is 10.0 Å². The van der Waals surface area contributed by atoms with Crippen molar-refractivity contribution in [1.82, 2.24) is 15.1 Å². The summed E-state index contributed by atoms with van der Waals surface area (Å²) in [6, 6.07) is 4.90. The van der Waals surface area contributed by atoms with E-state index in [1.807, 2.05) is 19.4 Å².